The molecule has 0 radical (unpaired) electrons. The van der Waals surface area contributed by atoms with Crippen LogP contribution in [0.5, 0.6) is 0 Å². The average molecular weight is 295 g/mol. The molecule has 1 aromatic carbocycles. The van der Waals surface area contributed by atoms with E-state index in [9.17, 15) is 0 Å². The first-order valence-electron chi connectivity index (χ1n) is 6.32. The minimum Gasteiger partial charge on any atom is -0.379 e. The molecule has 1 aliphatic heterocycles. The highest BCUT2D eigenvalue weighted by Gasteiger charge is 2.13. The second kappa shape index (κ2) is 6.01. The number of aromatic nitrogens is 1. The van der Waals surface area contributed by atoms with Crippen LogP contribution in [0.4, 0.5) is 0 Å². The minimum atomic E-state index is 0.755. The van der Waals surface area contributed by atoms with Crippen LogP contribution in [0, 0.1) is 0 Å². The molecule has 0 unspecified atom stereocenters. The summed E-state index contributed by atoms with van der Waals surface area (Å²) in [4.78, 5) is 7.06. The first-order chi connectivity index (χ1) is 9.33. The highest BCUT2D eigenvalue weighted by Crippen LogP contribution is 2.28. The van der Waals surface area contributed by atoms with Crippen molar-refractivity contribution >= 4 is 22.9 Å². The standard InChI is InChI=1S/C14H15ClN2OS/c15-12-4-2-1-3-11(12)13-10-19-14(16-13)9-17-5-7-18-8-6-17/h1-4,10H,5-9H2. The van der Waals surface area contributed by atoms with Crippen molar-refractivity contribution in [3.05, 3.63) is 39.7 Å². The molecule has 0 amide bonds. The zero-order valence-electron chi connectivity index (χ0n) is 10.5. The van der Waals surface area contributed by atoms with Crippen LogP contribution in [-0.4, -0.2) is 36.2 Å². The zero-order valence-corrected chi connectivity index (χ0v) is 12.1. The molecule has 0 N–H and O–H groups in total. The van der Waals surface area contributed by atoms with Crippen LogP contribution in [0.15, 0.2) is 29.6 Å². The van der Waals surface area contributed by atoms with E-state index in [1.807, 2.05) is 24.3 Å². The van der Waals surface area contributed by atoms with Gasteiger partial charge in [0, 0.05) is 29.1 Å². The van der Waals surface area contributed by atoms with Crippen molar-refractivity contribution < 1.29 is 4.74 Å². The lowest BCUT2D eigenvalue weighted by molar-refractivity contribution is 0.0342. The van der Waals surface area contributed by atoms with E-state index in [1.54, 1.807) is 11.3 Å². The van der Waals surface area contributed by atoms with Crippen molar-refractivity contribution in [1.29, 1.82) is 0 Å². The Morgan fingerprint density at radius 3 is 2.84 bits per heavy atom. The van der Waals surface area contributed by atoms with E-state index in [0.29, 0.717) is 0 Å². The summed E-state index contributed by atoms with van der Waals surface area (Å²) >= 11 is 7.89. The number of halogens is 1. The quantitative estimate of drug-likeness (QED) is 0.868. The van der Waals surface area contributed by atoms with Gasteiger partial charge in [0.15, 0.2) is 0 Å². The number of thiazole rings is 1. The highest BCUT2D eigenvalue weighted by molar-refractivity contribution is 7.09. The van der Waals surface area contributed by atoms with Crippen LogP contribution in [0.2, 0.25) is 5.02 Å². The van der Waals surface area contributed by atoms with Crippen LogP contribution in [0.25, 0.3) is 11.3 Å². The Balaban J connectivity index is 1.74. The van der Waals surface area contributed by atoms with Crippen LogP contribution in [0.3, 0.4) is 0 Å². The lowest BCUT2D eigenvalue weighted by atomic mass is 10.2. The van der Waals surface area contributed by atoms with Crippen molar-refractivity contribution in [1.82, 2.24) is 9.88 Å². The van der Waals surface area contributed by atoms with Gasteiger partial charge in [-0.1, -0.05) is 29.8 Å². The van der Waals surface area contributed by atoms with Crippen LogP contribution < -0.4 is 0 Å². The van der Waals surface area contributed by atoms with E-state index in [4.69, 9.17) is 16.3 Å². The van der Waals surface area contributed by atoms with Gasteiger partial charge in [-0.2, -0.15) is 0 Å². The third-order valence-corrected chi connectivity index (χ3v) is 4.33. The predicted octanol–water partition coefficient (Wildman–Crippen LogP) is 3.30. The Hall–Kier alpha value is -0.940. The van der Waals surface area contributed by atoms with Gasteiger partial charge in [0.2, 0.25) is 0 Å². The number of hydrogen-bond acceptors (Lipinski definition) is 4. The number of nitrogens with zero attached hydrogens (tertiary/aromatic N) is 2. The molecule has 1 aromatic heterocycles. The Morgan fingerprint density at radius 1 is 1.26 bits per heavy atom. The maximum Gasteiger partial charge on any atom is 0.107 e. The topological polar surface area (TPSA) is 25.4 Å². The van der Waals surface area contributed by atoms with E-state index in [-0.39, 0.29) is 0 Å². The molecule has 19 heavy (non-hydrogen) atoms. The third-order valence-electron chi connectivity index (χ3n) is 3.16. The third kappa shape index (κ3) is 3.15. The van der Waals surface area contributed by atoms with E-state index in [2.05, 4.69) is 15.3 Å². The van der Waals surface area contributed by atoms with Crippen molar-refractivity contribution in [3.63, 3.8) is 0 Å². The average Bonchev–Trinajstić information content (AvgIpc) is 2.89. The van der Waals surface area contributed by atoms with Gasteiger partial charge >= 0.3 is 0 Å². The smallest absolute Gasteiger partial charge is 0.107 e. The number of benzene rings is 1. The summed E-state index contributed by atoms with van der Waals surface area (Å²) in [5, 5.41) is 3.97. The zero-order chi connectivity index (χ0) is 13.1. The minimum absolute atomic E-state index is 0.755. The Bertz CT molecular complexity index is 552. The molecular weight excluding hydrogens is 280 g/mol. The van der Waals surface area contributed by atoms with Crippen LogP contribution >= 0.6 is 22.9 Å². The maximum absolute atomic E-state index is 6.20. The molecule has 100 valence electrons. The molecule has 5 heteroatoms. The summed E-state index contributed by atoms with van der Waals surface area (Å²) in [6.45, 7) is 4.52. The Kier molecular flexibility index (Phi) is 4.13. The molecule has 3 rings (SSSR count). The summed E-state index contributed by atoms with van der Waals surface area (Å²) in [7, 11) is 0. The second-order valence-electron chi connectivity index (χ2n) is 4.49. The molecule has 0 bridgehead atoms. The summed E-state index contributed by atoms with van der Waals surface area (Å²) in [5.41, 5.74) is 1.98. The van der Waals surface area contributed by atoms with Crippen molar-refractivity contribution in [2.24, 2.45) is 0 Å². The molecule has 3 nitrogen and oxygen atoms in total. The Labute approximate surface area is 121 Å². The lowest BCUT2D eigenvalue weighted by Gasteiger charge is -2.25. The van der Waals surface area contributed by atoms with Gasteiger partial charge in [0.1, 0.15) is 5.01 Å². The van der Waals surface area contributed by atoms with Crippen LogP contribution in [0.1, 0.15) is 5.01 Å². The van der Waals surface area contributed by atoms with Gasteiger partial charge in [0.05, 0.1) is 25.5 Å². The summed E-state index contributed by atoms with van der Waals surface area (Å²) in [6.07, 6.45) is 0. The number of rotatable bonds is 3. The van der Waals surface area contributed by atoms with E-state index in [0.717, 1.165) is 54.1 Å². The number of ether oxygens (including phenoxy) is 1. The summed E-state index contributed by atoms with van der Waals surface area (Å²) < 4.78 is 5.35. The maximum atomic E-state index is 6.20. The lowest BCUT2D eigenvalue weighted by Crippen LogP contribution is -2.35. The van der Waals surface area contributed by atoms with Crippen molar-refractivity contribution in [2.75, 3.05) is 26.3 Å². The second-order valence-corrected chi connectivity index (χ2v) is 5.84. The number of hydrogen-bond donors (Lipinski definition) is 0. The normalized spacial score (nSPS) is 16.7. The fourth-order valence-corrected chi connectivity index (χ4v) is 3.19. The molecule has 1 saturated heterocycles. The van der Waals surface area contributed by atoms with Gasteiger partial charge in [-0.25, -0.2) is 4.98 Å². The van der Waals surface area contributed by atoms with Gasteiger partial charge in [-0.05, 0) is 6.07 Å². The van der Waals surface area contributed by atoms with Gasteiger partial charge < -0.3 is 4.74 Å². The fraction of sp³-hybridized carbons (Fsp3) is 0.357. The highest BCUT2D eigenvalue weighted by atomic mass is 35.5. The monoisotopic (exact) mass is 294 g/mol. The van der Waals surface area contributed by atoms with Crippen LogP contribution in [-0.2, 0) is 11.3 Å². The molecule has 0 aliphatic carbocycles. The first-order valence-corrected chi connectivity index (χ1v) is 7.58. The van der Waals surface area contributed by atoms with Gasteiger partial charge in [-0.15, -0.1) is 11.3 Å². The number of morpholine rings is 1. The van der Waals surface area contributed by atoms with E-state index < -0.39 is 0 Å². The molecule has 2 aromatic rings. The van der Waals surface area contributed by atoms with Gasteiger partial charge in [-0.3, -0.25) is 4.90 Å². The fourth-order valence-electron chi connectivity index (χ4n) is 2.13. The van der Waals surface area contributed by atoms with Gasteiger partial charge in [0.25, 0.3) is 0 Å². The molecular formula is C14H15ClN2OS. The Morgan fingerprint density at radius 2 is 2.05 bits per heavy atom. The summed E-state index contributed by atoms with van der Waals surface area (Å²) in [6, 6.07) is 7.84. The molecule has 2 heterocycles. The molecule has 1 fully saturated rings. The molecule has 1 aliphatic rings. The SMILES string of the molecule is Clc1ccccc1-c1csc(CN2CCOCC2)n1. The largest absolute Gasteiger partial charge is 0.379 e. The molecule has 0 spiro atoms. The first kappa shape index (κ1) is 13.1. The van der Waals surface area contributed by atoms with E-state index >= 15 is 0 Å². The predicted molar refractivity (Wildman–Crippen MR) is 78.7 cm³/mol. The summed E-state index contributed by atoms with van der Waals surface area (Å²) in [5.74, 6) is 0. The molecule has 0 atom stereocenters. The van der Waals surface area contributed by atoms with E-state index in [1.165, 1.54) is 0 Å². The molecule has 0 saturated carbocycles. The van der Waals surface area contributed by atoms with Crippen molar-refractivity contribution in [2.45, 2.75) is 6.54 Å². The van der Waals surface area contributed by atoms with Crippen molar-refractivity contribution in [3.8, 4) is 11.3 Å².